The Labute approximate surface area is 137 Å². The van der Waals surface area contributed by atoms with Gasteiger partial charge in [0.2, 0.25) is 0 Å². The second-order valence-corrected chi connectivity index (χ2v) is 5.17. The third kappa shape index (κ3) is 6.31. The van der Waals surface area contributed by atoms with Gasteiger partial charge in [-0.15, -0.1) is 0 Å². The highest BCUT2D eigenvalue weighted by Crippen LogP contribution is 2.10. The maximum absolute atomic E-state index is 11.6. The summed E-state index contributed by atoms with van der Waals surface area (Å²) in [7, 11) is 0. The van der Waals surface area contributed by atoms with Gasteiger partial charge in [0.15, 0.2) is 12.2 Å². The lowest BCUT2D eigenvalue weighted by atomic mass is 10.2. The lowest BCUT2D eigenvalue weighted by Crippen LogP contribution is -2.35. The highest BCUT2D eigenvalue weighted by Gasteiger charge is 2.25. The topological polar surface area (TPSA) is 124 Å². The zero-order valence-electron chi connectivity index (χ0n) is 12.9. The molecule has 24 heavy (non-hydrogen) atoms. The summed E-state index contributed by atoms with van der Waals surface area (Å²) in [6.45, 7) is -0.0915. The number of unbranched alkanes of at least 4 members (excludes halogenated alkanes) is 1. The normalized spacial score (nSPS) is 18.7. The zero-order chi connectivity index (χ0) is 17.4. The number of hydrogen-bond donors (Lipinski definition) is 0. The average Bonchev–Trinajstić information content (AvgIpc) is 2.56. The van der Waals surface area contributed by atoms with Crippen LogP contribution >= 0.6 is 0 Å². The van der Waals surface area contributed by atoms with Gasteiger partial charge in [-0.2, -0.15) is 0 Å². The summed E-state index contributed by atoms with van der Waals surface area (Å²) in [5.74, 6) is -0.912. The molecule has 10 nitrogen and oxygen atoms in total. The average molecular weight is 346 g/mol. The van der Waals surface area contributed by atoms with Crippen LogP contribution in [0.15, 0.2) is 0 Å². The fourth-order valence-electron chi connectivity index (χ4n) is 1.99. The summed E-state index contributed by atoms with van der Waals surface area (Å²) in [5, 5.41) is 0. The first-order chi connectivity index (χ1) is 11.5. The maximum Gasteiger partial charge on any atom is 0.508 e. The number of carbonyl (C=O) groups is 4. The zero-order valence-corrected chi connectivity index (χ0v) is 12.9. The fraction of sp³-hybridized carbons (Fsp3) is 0.714. The lowest BCUT2D eigenvalue weighted by molar-refractivity contribution is -0.160. The van der Waals surface area contributed by atoms with Crippen molar-refractivity contribution in [3.8, 4) is 0 Å². The molecule has 2 fully saturated rings. The Morgan fingerprint density at radius 2 is 1.08 bits per heavy atom. The van der Waals surface area contributed by atoms with Crippen LogP contribution < -0.4 is 0 Å². The third-order valence-electron chi connectivity index (χ3n) is 3.16. The molecule has 0 amide bonds. The highest BCUT2D eigenvalue weighted by atomic mass is 16.8. The third-order valence-corrected chi connectivity index (χ3v) is 3.16. The number of cyclic esters (lactones) is 4. The van der Waals surface area contributed by atoms with Crippen LogP contribution in [0.4, 0.5) is 9.59 Å². The molecule has 134 valence electrons. The van der Waals surface area contributed by atoms with Gasteiger partial charge in [0, 0.05) is 12.8 Å². The minimum atomic E-state index is -0.779. The first kappa shape index (κ1) is 17.8. The van der Waals surface area contributed by atoms with E-state index in [1.807, 2.05) is 0 Å². The van der Waals surface area contributed by atoms with Gasteiger partial charge in [-0.25, -0.2) is 9.59 Å². The molecule has 0 unspecified atom stereocenters. The Morgan fingerprint density at radius 3 is 1.42 bits per heavy atom. The predicted octanol–water partition coefficient (Wildman–Crippen LogP) is 0.704. The molecule has 0 bridgehead atoms. The maximum atomic E-state index is 11.6. The first-order valence-corrected chi connectivity index (χ1v) is 7.51. The molecule has 0 aromatic heterocycles. The van der Waals surface area contributed by atoms with E-state index in [2.05, 4.69) is 18.9 Å². The van der Waals surface area contributed by atoms with Crippen molar-refractivity contribution in [3.05, 3.63) is 0 Å². The molecule has 0 aromatic carbocycles. The molecule has 0 spiro atoms. The molecule has 2 aliphatic heterocycles. The van der Waals surface area contributed by atoms with Crippen molar-refractivity contribution in [1.29, 1.82) is 0 Å². The van der Waals surface area contributed by atoms with Crippen molar-refractivity contribution < 1.29 is 47.6 Å². The predicted molar refractivity (Wildman–Crippen MR) is 72.8 cm³/mol. The molecule has 0 aliphatic carbocycles. The van der Waals surface area contributed by atoms with Crippen molar-refractivity contribution in [2.75, 3.05) is 26.4 Å². The quantitative estimate of drug-likeness (QED) is 0.369. The van der Waals surface area contributed by atoms with E-state index in [1.165, 1.54) is 0 Å². The number of hydrogen-bond acceptors (Lipinski definition) is 10. The van der Waals surface area contributed by atoms with Gasteiger partial charge < -0.3 is 28.4 Å². The standard InChI is InChI=1S/C14H18O10/c15-11(23-9-5-19-13(17)20-6-9)3-1-2-4-12(16)24-10-7-21-14(18)22-8-10/h9-10H,1-8H2. The first-order valence-electron chi connectivity index (χ1n) is 7.51. The molecule has 0 saturated carbocycles. The van der Waals surface area contributed by atoms with Crippen LogP contribution in [0.25, 0.3) is 0 Å². The van der Waals surface area contributed by atoms with E-state index in [-0.39, 0.29) is 39.3 Å². The molecule has 0 aromatic rings. The van der Waals surface area contributed by atoms with E-state index >= 15 is 0 Å². The van der Waals surface area contributed by atoms with Gasteiger partial charge in [0.25, 0.3) is 0 Å². The summed E-state index contributed by atoms with van der Waals surface area (Å²) in [6.07, 6.45) is -1.63. The van der Waals surface area contributed by atoms with E-state index in [0.717, 1.165) is 0 Å². The van der Waals surface area contributed by atoms with Crippen molar-refractivity contribution in [3.63, 3.8) is 0 Å². The number of rotatable bonds is 7. The molecular formula is C14H18O10. The van der Waals surface area contributed by atoms with E-state index in [4.69, 9.17) is 9.47 Å². The van der Waals surface area contributed by atoms with Crippen LogP contribution in [0, 0.1) is 0 Å². The minimum Gasteiger partial charge on any atom is -0.455 e. The smallest absolute Gasteiger partial charge is 0.455 e. The van der Waals surface area contributed by atoms with Crippen LogP contribution in [0.2, 0.25) is 0 Å². The Morgan fingerprint density at radius 1 is 0.750 bits per heavy atom. The molecule has 0 radical (unpaired) electrons. The molecular weight excluding hydrogens is 328 g/mol. The molecule has 2 heterocycles. The van der Waals surface area contributed by atoms with E-state index in [1.54, 1.807) is 0 Å². The molecule has 0 N–H and O–H groups in total. The SMILES string of the molecule is O=C(CCCCC(=O)OC1COC(=O)OC1)OC1COC(=O)OC1. The second-order valence-electron chi connectivity index (χ2n) is 5.17. The monoisotopic (exact) mass is 346 g/mol. The molecule has 2 rings (SSSR count). The van der Waals surface area contributed by atoms with Crippen molar-refractivity contribution in [1.82, 2.24) is 0 Å². The van der Waals surface area contributed by atoms with E-state index in [9.17, 15) is 19.2 Å². The Hall–Kier alpha value is -2.52. The highest BCUT2D eigenvalue weighted by molar-refractivity contribution is 5.71. The van der Waals surface area contributed by atoms with Gasteiger partial charge in [-0.1, -0.05) is 0 Å². The summed E-state index contributed by atoms with van der Waals surface area (Å²) in [5.41, 5.74) is 0. The van der Waals surface area contributed by atoms with Crippen LogP contribution in [0.1, 0.15) is 25.7 Å². The molecule has 0 atom stereocenters. The van der Waals surface area contributed by atoms with Crippen molar-refractivity contribution in [2.24, 2.45) is 0 Å². The van der Waals surface area contributed by atoms with Gasteiger partial charge in [0.1, 0.15) is 26.4 Å². The Bertz CT molecular complexity index is 424. The summed E-state index contributed by atoms with van der Waals surface area (Å²) in [4.78, 5) is 44.5. The van der Waals surface area contributed by atoms with E-state index < -0.39 is 36.5 Å². The Balaban J connectivity index is 1.50. The summed E-state index contributed by atoms with van der Waals surface area (Å²) >= 11 is 0. The second kappa shape index (κ2) is 8.94. The van der Waals surface area contributed by atoms with Gasteiger partial charge >= 0.3 is 24.2 Å². The largest absolute Gasteiger partial charge is 0.508 e. The fourth-order valence-corrected chi connectivity index (χ4v) is 1.99. The number of ether oxygens (including phenoxy) is 6. The van der Waals surface area contributed by atoms with Crippen LogP contribution in [0.3, 0.4) is 0 Å². The number of esters is 2. The number of carbonyl (C=O) groups excluding carboxylic acids is 4. The molecule has 2 saturated heterocycles. The van der Waals surface area contributed by atoms with Gasteiger partial charge in [0.05, 0.1) is 0 Å². The summed E-state index contributed by atoms with van der Waals surface area (Å²) in [6, 6.07) is 0. The van der Waals surface area contributed by atoms with Crippen molar-refractivity contribution in [2.45, 2.75) is 37.9 Å². The Kier molecular flexibility index (Phi) is 6.64. The van der Waals surface area contributed by atoms with E-state index in [0.29, 0.717) is 12.8 Å². The van der Waals surface area contributed by atoms with Crippen LogP contribution in [-0.2, 0) is 38.0 Å². The van der Waals surface area contributed by atoms with Crippen LogP contribution in [-0.4, -0.2) is 62.9 Å². The van der Waals surface area contributed by atoms with Gasteiger partial charge in [-0.05, 0) is 12.8 Å². The minimum absolute atomic E-state index is 0.0229. The lowest BCUT2D eigenvalue weighted by Gasteiger charge is -2.22. The molecule has 10 heteroatoms. The van der Waals surface area contributed by atoms with Crippen LogP contribution in [0.5, 0.6) is 0 Å². The molecule has 2 aliphatic rings. The van der Waals surface area contributed by atoms with Gasteiger partial charge in [-0.3, -0.25) is 9.59 Å². The summed E-state index contributed by atoms with van der Waals surface area (Å²) < 4.78 is 28.5. The van der Waals surface area contributed by atoms with Crippen molar-refractivity contribution >= 4 is 24.2 Å².